The molecular weight excluding hydrogens is 937 g/mol. The Hall–Kier alpha value is -10.1. The fourth-order valence-electron chi connectivity index (χ4n) is 13.7. The Labute approximate surface area is 454 Å². The minimum Gasteiger partial charge on any atom is -0.0622 e. The van der Waals surface area contributed by atoms with Crippen LogP contribution in [-0.4, -0.2) is 0 Å². The van der Waals surface area contributed by atoms with E-state index in [-0.39, 0.29) is 0 Å². The first-order chi connectivity index (χ1) is 38.8. The molecule has 0 amide bonds. The molecule has 0 aromatic heterocycles. The van der Waals surface area contributed by atoms with Crippen molar-refractivity contribution in [3.63, 3.8) is 0 Å². The molecule has 0 atom stereocenters. The maximum atomic E-state index is 2.49. The van der Waals surface area contributed by atoms with Crippen LogP contribution in [0.2, 0.25) is 0 Å². The summed E-state index contributed by atoms with van der Waals surface area (Å²) in [5.74, 6) is 0. The molecule has 2 aliphatic carbocycles. The summed E-state index contributed by atoms with van der Waals surface area (Å²) < 4.78 is 0. The molecule has 0 N–H and O–H groups in total. The highest BCUT2D eigenvalue weighted by molar-refractivity contribution is 6.36. The second-order valence-electron chi connectivity index (χ2n) is 20.8. The monoisotopic (exact) mass is 984 g/mol. The van der Waals surface area contributed by atoms with Crippen molar-refractivity contribution in [2.24, 2.45) is 0 Å². The van der Waals surface area contributed by atoms with Crippen molar-refractivity contribution < 1.29 is 0 Å². The molecule has 16 rings (SSSR count). The van der Waals surface area contributed by atoms with Crippen molar-refractivity contribution in [3.05, 3.63) is 291 Å². The van der Waals surface area contributed by atoms with E-state index in [1.807, 2.05) is 0 Å². The number of rotatable bonds is 8. The van der Waals surface area contributed by atoms with Crippen molar-refractivity contribution in [2.45, 2.75) is 0 Å². The van der Waals surface area contributed by atoms with E-state index in [9.17, 15) is 0 Å². The highest BCUT2D eigenvalue weighted by Crippen LogP contribution is 2.65. The van der Waals surface area contributed by atoms with Crippen molar-refractivity contribution in [3.8, 4) is 134 Å². The summed E-state index contributed by atoms with van der Waals surface area (Å²) in [5.41, 5.74) is 30.0. The molecule has 0 fully saturated rings. The predicted octanol–water partition coefficient (Wildman–Crippen LogP) is 21.8. The van der Waals surface area contributed by atoms with Crippen LogP contribution in [0.25, 0.3) is 166 Å². The standard InChI is InChI=1S/C78H48/c1-5-25-49(26-6-1)53-33-13-17-37-57(53)69-61-41-21-22-42-62(61)70(58-38-18-14-34-54(58)50-27-7-2-8-28-50)76-66-47-48-68-74-67(46-45-65(73(66)74)75(69)76)77-71(59-39-19-15-35-55(59)51-29-9-3-10-30-51)63-43-23-24-44-64(63)72(78(68)77)60-40-20-16-36-56(60)52-31-11-4-12-32-52/h1-48H. The minimum absolute atomic E-state index is 1.20. The molecule has 0 aliphatic heterocycles. The van der Waals surface area contributed by atoms with Crippen LogP contribution in [-0.2, 0) is 0 Å². The molecule has 0 saturated heterocycles. The molecule has 0 bridgehead atoms. The largest absolute Gasteiger partial charge is 0.0622 e. The molecule has 0 unspecified atom stereocenters. The number of hydrogen-bond donors (Lipinski definition) is 0. The molecule has 14 aromatic rings. The summed E-state index contributed by atoms with van der Waals surface area (Å²) >= 11 is 0. The van der Waals surface area contributed by atoms with Crippen LogP contribution >= 0.6 is 0 Å². The Balaban J connectivity index is 1.08. The zero-order valence-electron chi connectivity index (χ0n) is 42.7. The van der Waals surface area contributed by atoms with E-state index in [0.29, 0.717) is 0 Å². The summed E-state index contributed by atoms with van der Waals surface area (Å²) in [4.78, 5) is 0. The van der Waals surface area contributed by atoms with Crippen molar-refractivity contribution >= 4 is 32.3 Å². The van der Waals surface area contributed by atoms with E-state index in [1.165, 1.54) is 166 Å². The average molecular weight is 985 g/mol. The fraction of sp³-hybridized carbons (Fsp3) is 0. The van der Waals surface area contributed by atoms with Gasteiger partial charge in [-0.25, -0.2) is 0 Å². The van der Waals surface area contributed by atoms with Gasteiger partial charge in [0.1, 0.15) is 0 Å². The van der Waals surface area contributed by atoms with Gasteiger partial charge in [-0.05, 0) is 166 Å². The van der Waals surface area contributed by atoms with Gasteiger partial charge < -0.3 is 0 Å². The van der Waals surface area contributed by atoms with Crippen LogP contribution in [0.5, 0.6) is 0 Å². The molecule has 0 nitrogen and oxygen atoms in total. The molecule has 0 heteroatoms. The second-order valence-corrected chi connectivity index (χ2v) is 20.8. The summed E-state index contributed by atoms with van der Waals surface area (Å²) in [6.45, 7) is 0. The Bertz CT molecular complexity index is 4140. The third-order valence-corrected chi connectivity index (χ3v) is 16.8. The zero-order valence-corrected chi connectivity index (χ0v) is 42.7. The van der Waals surface area contributed by atoms with E-state index >= 15 is 0 Å². The van der Waals surface area contributed by atoms with Crippen LogP contribution in [0.1, 0.15) is 0 Å². The van der Waals surface area contributed by atoms with Crippen molar-refractivity contribution in [2.75, 3.05) is 0 Å². The zero-order chi connectivity index (χ0) is 51.3. The molecule has 2 aliphatic rings. The van der Waals surface area contributed by atoms with Crippen LogP contribution in [0.3, 0.4) is 0 Å². The third-order valence-electron chi connectivity index (χ3n) is 16.8. The molecule has 0 spiro atoms. The van der Waals surface area contributed by atoms with Crippen molar-refractivity contribution in [1.29, 1.82) is 0 Å². The fourth-order valence-corrected chi connectivity index (χ4v) is 13.7. The van der Waals surface area contributed by atoms with Gasteiger partial charge >= 0.3 is 0 Å². The average Bonchev–Trinajstić information content (AvgIpc) is 4.15. The van der Waals surface area contributed by atoms with Crippen molar-refractivity contribution in [1.82, 2.24) is 0 Å². The van der Waals surface area contributed by atoms with E-state index < -0.39 is 0 Å². The summed E-state index contributed by atoms with van der Waals surface area (Å²) in [6, 6.07) is 108. The maximum Gasteiger partial charge on any atom is -0.000718 e. The molecule has 0 heterocycles. The molecule has 0 saturated carbocycles. The molecule has 14 aromatic carbocycles. The summed E-state index contributed by atoms with van der Waals surface area (Å²) in [7, 11) is 0. The van der Waals surface area contributed by atoms with E-state index in [0.717, 1.165) is 0 Å². The second kappa shape index (κ2) is 17.7. The lowest BCUT2D eigenvalue weighted by molar-refractivity contribution is 1.58. The molecule has 0 radical (unpaired) electrons. The van der Waals surface area contributed by atoms with Gasteiger partial charge in [0, 0.05) is 0 Å². The van der Waals surface area contributed by atoms with Gasteiger partial charge in [-0.15, -0.1) is 0 Å². The van der Waals surface area contributed by atoms with Gasteiger partial charge in [0.2, 0.25) is 0 Å². The lowest BCUT2D eigenvalue weighted by atomic mass is 9.79. The minimum atomic E-state index is 1.20. The molecule has 360 valence electrons. The first-order valence-corrected chi connectivity index (χ1v) is 27.2. The normalized spacial score (nSPS) is 11.8. The Morgan fingerprint density at radius 3 is 0.513 bits per heavy atom. The lowest BCUT2D eigenvalue weighted by Crippen LogP contribution is -1.97. The quantitative estimate of drug-likeness (QED) is 0.142. The van der Waals surface area contributed by atoms with Gasteiger partial charge in [0.15, 0.2) is 0 Å². The Morgan fingerprint density at radius 2 is 0.295 bits per heavy atom. The third kappa shape index (κ3) is 6.54. The SMILES string of the molecule is c1ccc(-c2ccccc2-c2c3c(c(-c4ccccc4-c4ccccc4)c4ccccc24)-c2ccc4c5c(ccc-3c25)-c2c-4c(-c3ccccc3-c3ccccc3)c3ccccc3c2-c2ccccc2-c2ccccc2)cc1. The Morgan fingerprint density at radius 1 is 0.115 bits per heavy atom. The number of hydrogen-bond acceptors (Lipinski definition) is 0. The van der Waals surface area contributed by atoms with Crippen LogP contribution in [0, 0.1) is 0 Å². The van der Waals surface area contributed by atoms with Crippen LogP contribution in [0.4, 0.5) is 0 Å². The highest BCUT2D eigenvalue weighted by Gasteiger charge is 2.38. The summed E-state index contributed by atoms with van der Waals surface area (Å²) in [6.07, 6.45) is 0. The topological polar surface area (TPSA) is 0 Å². The highest BCUT2D eigenvalue weighted by atomic mass is 14.4. The van der Waals surface area contributed by atoms with Gasteiger partial charge in [-0.2, -0.15) is 0 Å². The maximum absolute atomic E-state index is 2.49. The van der Waals surface area contributed by atoms with E-state index in [4.69, 9.17) is 0 Å². The van der Waals surface area contributed by atoms with E-state index in [1.54, 1.807) is 0 Å². The van der Waals surface area contributed by atoms with Gasteiger partial charge in [0.05, 0.1) is 0 Å². The lowest BCUT2D eigenvalue weighted by Gasteiger charge is -2.24. The molecule has 78 heavy (non-hydrogen) atoms. The Kier molecular flexibility index (Phi) is 10.0. The molecular formula is C78H48. The van der Waals surface area contributed by atoms with Gasteiger partial charge in [0.25, 0.3) is 0 Å². The first kappa shape index (κ1) is 44.2. The number of fused-ring (bicyclic) bond motifs is 8. The van der Waals surface area contributed by atoms with E-state index in [2.05, 4.69) is 291 Å². The smallest absolute Gasteiger partial charge is 0.000718 e. The predicted molar refractivity (Wildman–Crippen MR) is 331 cm³/mol. The first-order valence-electron chi connectivity index (χ1n) is 27.2. The van der Waals surface area contributed by atoms with Gasteiger partial charge in [-0.1, -0.05) is 291 Å². The number of benzene rings is 14. The van der Waals surface area contributed by atoms with Crippen LogP contribution < -0.4 is 0 Å². The van der Waals surface area contributed by atoms with Gasteiger partial charge in [-0.3, -0.25) is 0 Å². The van der Waals surface area contributed by atoms with Crippen LogP contribution in [0.15, 0.2) is 291 Å². The summed E-state index contributed by atoms with van der Waals surface area (Å²) in [5, 5.41) is 7.60.